The van der Waals surface area contributed by atoms with Crippen LogP contribution in [-0.4, -0.2) is 17.7 Å². The van der Waals surface area contributed by atoms with Crippen molar-refractivity contribution in [3.05, 3.63) is 58.6 Å². The summed E-state index contributed by atoms with van der Waals surface area (Å²) in [6.45, 7) is 11.6. The van der Waals surface area contributed by atoms with Gasteiger partial charge in [-0.25, -0.2) is 4.79 Å². The summed E-state index contributed by atoms with van der Waals surface area (Å²) in [4.78, 5) is 11.6. The van der Waals surface area contributed by atoms with Gasteiger partial charge in [0.25, 0.3) is 0 Å². The number of hydrazine groups is 2. The van der Waals surface area contributed by atoms with E-state index in [1.807, 2.05) is 45.0 Å². The van der Waals surface area contributed by atoms with Gasteiger partial charge in [-0.15, -0.1) is 0 Å². The molecule has 0 atom stereocenters. The normalized spacial score (nSPS) is 12.8. The molecule has 1 heterocycles. The quantitative estimate of drug-likeness (QED) is 0.461. The molecule has 0 amide bonds. The number of nitrogens with one attached hydrogen (secondary N) is 2. The molecule has 2 aromatic rings. The minimum atomic E-state index is -0.407. The van der Waals surface area contributed by atoms with Crippen LogP contribution in [0.1, 0.15) is 38.8 Å². The van der Waals surface area contributed by atoms with Crippen molar-refractivity contribution in [2.75, 3.05) is 22.6 Å². The summed E-state index contributed by atoms with van der Waals surface area (Å²) >= 11 is 6.08. The third-order valence-electron chi connectivity index (χ3n) is 4.62. The van der Waals surface area contributed by atoms with E-state index in [0.29, 0.717) is 22.7 Å². The standard InChI is InChI=1S/C22H26ClN3O3/c1-13(2)21(28)29-9-8-14-10-16(22(3,4)5)20(27)19(11-14)26-24-17-7-6-15(23)12-18(17)25-26/h6-7,10-12,24-25,27H,1,8-9H2,2-5H3. The summed E-state index contributed by atoms with van der Waals surface area (Å²) in [5, 5.41) is 13.3. The number of anilines is 3. The Balaban J connectivity index is 1.90. The Morgan fingerprint density at radius 1 is 1.21 bits per heavy atom. The van der Waals surface area contributed by atoms with Crippen LogP contribution in [0.25, 0.3) is 0 Å². The Kier molecular flexibility index (Phi) is 5.66. The van der Waals surface area contributed by atoms with E-state index < -0.39 is 5.97 Å². The first-order chi connectivity index (χ1) is 13.6. The van der Waals surface area contributed by atoms with Crippen molar-refractivity contribution < 1.29 is 14.6 Å². The molecule has 6 nitrogen and oxygen atoms in total. The fourth-order valence-electron chi connectivity index (χ4n) is 3.04. The largest absolute Gasteiger partial charge is 0.505 e. The second kappa shape index (κ2) is 7.87. The van der Waals surface area contributed by atoms with Crippen molar-refractivity contribution in [3.63, 3.8) is 0 Å². The highest BCUT2D eigenvalue weighted by Gasteiger charge is 2.27. The predicted molar refractivity (Wildman–Crippen MR) is 117 cm³/mol. The Morgan fingerprint density at radius 2 is 1.90 bits per heavy atom. The lowest BCUT2D eigenvalue weighted by Crippen LogP contribution is -2.30. The predicted octanol–water partition coefficient (Wildman–Crippen LogP) is 5.18. The van der Waals surface area contributed by atoms with Gasteiger partial charge in [0, 0.05) is 22.6 Å². The van der Waals surface area contributed by atoms with Crippen molar-refractivity contribution in [2.24, 2.45) is 0 Å². The van der Waals surface area contributed by atoms with Gasteiger partial charge >= 0.3 is 5.97 Å². The topological polar surface area (TPSA) is 73.8 Å². The van der Waals surface area contributed by atoms with Crippen LogP contribution in [0, 0.1) is 0 Å². The number of fused-ring (bicyclic) bond motifs is 1. The molecule has 1 aliphatic rings. The molecule has 3 rings (SSSR count). The van der Waals surface area contributed by atoms with Gasteiger partial charge in [0.15, 0.2) is 0 Å². The van der Waals surface area contributed by atoms with E-state index in [1.54, 1.807) is 18.1 Å². The number of hydrogen-bond acceptors (Lipinski definition) is 6. The first-order valence-electron chi connectivity index (χ1n) is 9.38. The SMILES string of the molecule is C=C(C)C(=O)OCCc1cc(N2Nc3ccc(Cl)cc3N2)c(O)c(C(C)(C)C)c1. The van der Waals surface area contributed by atoms with E-state index in [-0.39, 0.29) is 17.8 Å². The average Bonchev–Trinajstić information content (AvgIpc) is 3.04. The van der Waals surface area contributed by atoms with Crippen molar-refractivity contribution in [2.45, 2.75) is 39.5 Å². The van der Waals surface area contributed by atoms with Gasteiger partial charge in [-0.2, -0.15) is 5.12 Å². The number of ether oxygens (including phenoxy) is 1. The summed E-state index contributed by atoms with van der Waals surface area (Å²) in [6.07, 6.45) is 0.516. The third-order valence-corrected chi connectivity index (χ3v) is 4.85. The molecule has 1 aliphatic heterocycles. The molecular weight excluding hydrogens is 390 g/mol. The number of hydrogen-bond donors (Lipinski definition) is 3. The molecule has 0 radical (unpaired) electrons. The molecule has 29 heavy (non-hydrogen) atoms. The number of carbonyl (C=O) groups is 1. The number of aromatic hydroxyl groups is 1. The molecule has 0 aliphatic carbocycles. The summed E-state index contributed by atoms with van der Waals surface area (Å²) < 4.78 is 5.23. The van der Waals surface area contributed by atoms with Crippen LogP contribution in [0.4, 0.5) is 17.1 Å². The number of esters is 1. The summed E-state index contributed by atoms with van der Waals surface area (Å²) in [7, 11) is 0. The Labute approximate surface area is 176 Å². The van der Waals surface area contributed by atoms with Gasteiger partial charge < -0.3 is 9.84 Å². The van der Waals surface area contributed by atoms with Gasteiger partial charge in [-0.05, 0) is 42.2 Å². The van der Waals surface area contributed by atoms with Crippen LogP contribution >= 0.6 is 11.6 Å². The fraction of sp³-hybridized carbons (Fsp3) is 0.318. The first-order valence-corrected chi connectivity index (χ1v) is 9.76. The van der Waals surface area contributed by atoms with Crippen LogP contribution < -0.4 is 16.0 Å². The van der Waals surface area contributed by atoms with Gasteiger partial charge in [0.1, 0.15) is 11.4 Å². The van der Waals surface area contributed by atoms with Gasteiger partial charge in [-0.3, -0.25) is 10.9 Å². The molecule has 0 saturated heterocycles. The van der Waals surface area contributed by atoms with Crippen molar-refractivity contribution in [1.29, 1.82) is 0 Å². The highest BCUT2D eigenvalue weighted by Crippen LogP contribution is 2.42. The number of phenolic OH excluding ortho intramolecular Hbond substituents is 1. The van der Waals surface area contributed by atoms with E-state index in [9.17, 15) is 9.90 Å². The Bertz CT molecular complexity index is 967. The Hall–Kier alpha value is -2.86. The lowest BCUT2D eigenvalue weighted by molar-refractivity contribution is -0.138. The van der Waals surface area contributed by atoms with E-state index in [0.717, 1.165) is 22.5 Å². The van der Waals surface area contributed by atoms with Crippen molar-refractivity contribution in [1.82, 2.24) is 0 Å². The summed E-state index contributed by atoms with van der Waals surface area (Å²) in [5.41, 5.74) is 10.5. The van der Waals surface area contributed by atoms with Crippen molar-refractivity contribution in [3.8, 4) is 5.75 Å². The van der Waals surface area contributed by atoms with E-state index in [1.165, 1.54) is 0 Å². The number of phenols is 1. The molecule has 0 fully saturated rings. The summed E-state index contributed by atoms with van der Waals surface area (Å²) in [6, 6.07) is 9.30. The lowest BCUT2D eigenvalue weighted by atomic mass is 9.84. The third kappa shape index (κ3) is 4.59. The smallest absolute Gasteiger partial charge is 0.333 e. The molecule has 0 unspecified atom stereocenters. The molecular formula is C22H26ClN3O3. The molecule has 0 saturated carbocycles. The van der Waals surface area contributed by atoms with Crippen molar-refractivity contribution >= 4 is 34.6 Å². The zero-order valence-corrected chi connectivity index (χ0v) is 17.9. The number of rotatable bonds is 5. The maximum absolute atomic E-state index is 11.6. The van der Waals surface area contributed by atoms with Gasteiger partial charge in [0.2, 0.25) is 0 Å². The zero-order chi connectivity index (χ0) is 21.3. The molecule has 7 heteroatoms. The molecule has 0 bridgehead atoms. The maximum atomic E-state index is 11.6. The van der Waals surface area contributed by atoms with Gasteiger partial charge in [0.05, 0.1) is 18.0 Å². The van der Waals surface area contributed by atoms with Crippen LogP contribution in [0.3, 0.4) is 0 Å². The lowest BCUT2D eigenvalue weighted by Gasteiger charge is -2.27. The molecule has 0 aromatic heterocycles. The molecule has 154 valence electrons. The number of carbonyl (C=O) groups excluding carboxylic acids is 1. The van der Waals surface area contributed by atoms with Crippen LogP contribution in [0.2, 0.25) is 5.02 Å². The monoisotopic (exact) mass is 415 g/mol. The van der Waals surface area contributed by atoms with Gasteiger partial charge in [-0.1, -0.05) is 45.0 Å². The van der Waals surface area contributed by atoms with E-state index in [4.69, 9.17) is 16.3 Å². The molecule has 0 spiro atoms. The first kappa shape index (κ1) is 20.9. The zero-order valence-electron chi connectivity index (χ0n) is 17.1. The highest BCUT2D eigenvalue weighted by molar-refractivity contribution is 6.31. The van der Waals surface area contributed by atoms with Crippen LogP contribution in [0.5, 0.6) is 5.75 Å². The highest BCUT2D eigenvalue weighted by atomic mass is 35.5. The van der Waals surface area contributed by atoms with Crippen LogP contribution in [0.15, 0.2) is 42.5 Å². The maximum Gasteiger partial charge on any atom is 0.333 e. The minimum Gasteiger partial charge on any atom is -0.505 e. The number of halogens is 1. The summed E-state index contributed by atoms with van der Waals surface area (Å²) in [5.74, 6) is -0.227. The number of nitrogens with zero attached hydrogens (tertiary/aromatic N) is 1. The molecule has 3 N–H and O–H groups in total. The second-order valence-electron chi connectivity index (χ2n) is 8.18. The number of benzene rings is 2. The minimum absolute atomic E-state index is 0.180. The van der Waals surface area contributed by atoms with Crippen LogP contribution in [-0.2, 0) is 21.4 Å². The molecule has 2 aromatic carbocycles. The van der Waals surface area contributed by atoms with E-state index in [2.05, 4.69) is 17.4 Å². The fourth-order valence-corrected chi connectivity index (χ4v) is 3.22. The average molecular weight is 416 g/mol. The van der Waals surface area contributed by atoms with E-state index >= 15 is 0 Å². The second-order valence-corrected chi connectivity index (χ2v) is 8.61. The Morgan fingerprint density at radius 3 is 2.55 bits per heavy atom.